The number of hydrogen-bond donors (Lipinski definition) is 2. The predicted molar refractivity (Wildman–Crippen MR) is 75.0 cm³/mol. The maximum absolute atomic E-state index is 11.9. The fourth-order valence-corrected chi connectivity index (χ4v) is 2.89. The standard InChI is InChI=1S/C13H17NO6S/c1-20-11(15)8-5-9-21(18,19)14-12(13(16)17)10-6-3-2-4-7-10/h2-4,6-7,12,14H,5,8-9H2,1H3,(H,16,17)/t12-/m0/s1. The molecule has 0 saturated carbocycles. The van der Waals surface area contributed by atoms with Crippen molar-refractivity contribution in [2.75, 3.05) is 12.9 Å². The molecule has 0 heterocycles. The van der Waals surface area contributed by atoms with Gasteiger partial charge in [0, 0.05) is 6.42 Å². The van der Waals surface area contributed by atoms with Crippen molar-refractivity contribution in [1.29, 1.82) is 0 Å². The summed E-state index contributed by atoms with van der Waals surface area (Å²) in [5, 5.41) is 9.14. The van der Waals surface area contributed by atoms with Crippen LogP contribution in [0.4, 0.5) is 0 Å². The van der Waals surface area contributed by atoms with Crippen molar-refractivity contribution in [1.82, 2.24) is 4.72 Å². The smallest absolute Gasteiger partial charge is 0.326 e. The maximum Gasteiger partial charge on any atom is 0.326 e. The van der Waals surface area contributed by atoms with Gasteiger partial charge in [-0.2, -0.15) is 4.72 Å². The van der Waals surface area contributed by atoms with Gasteiger partial charge in [-0.05, 0) is 12.0 Å². The van der Waals surface area contributed by atoms with Gasteiger partial charge in [0.25, 0.3) is 0 Å². The molecule has 0 saturated heterocycles. The first-order valence-corrected chi connectivity index (χ1v) is 7.85. The zero-order valence-electron chi connectivity index (χ0n) is 11.5. The Kier molecular flexibility index (Phi) is 6.32. The number of carbonyl (C=O) groups excluding carboxylic acids is 1. The van der Waals surface area contributed by atoms with Gasteiger partial charge in [0.15, 0.2) is 0 Å². The van der Waals surface area contributed by atoms with Gasteiger partial charge in [-0.25, -0.2) is 8.42 Å². The molecule has 116 valence electrons. The Balaban J connectivity index is 2.70. The van der Waals surface area contributed by atoms with E-state index in [4.69, 9.17) is 5.11 Å². The number of nitrogens with one attached hydrogen (secondary N) is 1. The number of hydrogen-bond acceptors (Lipinski definition) is 5. The number of aliphatic carboxylic acids is 1. The quantitative estimate of drug-likeness (QED) is 0.683. The minimum Gasteiger partial charge on any atom is -0.480 e. The van der Waals surface area contributed by atoms with E-state index >= 15 is 0 Å². The van der Waals surface area contributed by atoms with Gasteiger partial charge in [-0.15, -0.1) is 0 Å². The highest BCUT2D eigenvalue weighted by Gasteiger charge is 2.25. The molecule has 0 fully saturated rings. The SMILES string of the molecule is COC(=O)CCCS(=O)(=O)N[C@H](C(=O)O)c1ccccc1. The zero-order valence-corrected chi connectivity index (χ0v) is 12.3. The zero-order chi connectivity index (χ0) is 15.9. The summed E-state index contributed by atoms with van der Waals surface area (Å²) < 4.78 is 30.3. The molecule has 1 aromatic carbocycles. The molecule has 0 aromatic heterocycles. The van der Waals surface area contributed by atoms with Crippen molar-refractivity contribution < 1.29 is 27.9 Å². The highest BCUT2D eigenvalue weighted by atomic mass is 32.2. The molecule has 0 amide bonds. The second-order valence-corrected chi connectivity index (χ2v) is 6.17. The number of benzene rings is 1. The number of ether oxygens (including phenoxy) is 1. The van der Waals surface area contributed by atoms with Crippen LogP contribution in [-0.4, -0.2) is 38.3 Å². The predicted octanol–water partition coefficient (Wildman–Crippen LogP) is 0.685. The Bertz CT molecular complexity index is 584. The van der Waals surface area contributed by atoms with Gasteiger partial charge >= 0.3 is 11.9 Å². The molecule has 2 N–H and O–H groups in total. The van der Waals surface area contributed by atoms with Crippen LogP contribution in [0.5, 0.6) is 0 Å². The number of carbonyl (C=O) groups is 2. The average molecular weight is 315 g/mol. The number of carboxylic acid groups (broad SMARTS) is 1. The summed E-state index contributed by atoms with van der Waals surface area (Å²) in [5.74, 6) is -2.15. The first-order valence-electron chi connectivity index (χ1n) is 6.20. The third-order valence-electron chi connectivity index (χ3n) is 2.70. The molecule has 0 aliphatic rings. The van der Waals surface area contributed by atoms with E-state index in [0.717, 1.165) is 0 Å². The van der Waals surface area contributed by atoms with Crippen molar-refractivity contribution in [2.45, 2.75) is 18.9 Å². The molecule has 0 aliphatic heterocycles. The van der Waals surface area contributed by atoms with Crippen molar-refractivity contribution in [3.63, 3.8) is 0 Å². The number of esters is 1. The van der Waals surface area contributed by atoms with Gasteiger partial charge in [0.05, 0.1) is 12.9 Å². The third-order valence-corrected chi connectivity index (χ3v) is 4.12. The number of carboxylic acids is 1. The second-order valence-electron chi connectivity index (χ2n) is 4.30. The first-order chi connectivity index (χ1) is 9.85. The normalized spacial score (nSPS) is 12.6. The largest absolute Gasteiger partial charge is 0.480 e. The van der Waals surface area contributed by atoms with Gasteiger partial charge in [0.1, 0.15) is 6.04 Å². The molecule has 0 unspecified atom stereocenters. The van der Waals surface area contributed by atoms with E-state index in [0.29, 0.717) is 5.56 Å². The first kappa shape index (κ1) is 17.1. The highest BCUT2D eigenvalue weighted by molar-refractivity contribution is 7.89. The van der Waals surface area contributed by atoms with Crippen LogP contribution >= 0.6 is 0 Å². The van der Waals surface area contributed by atoms with Crippen molar-refractivity contribution in [3.05, 3.63) is 35.9 Å². The number of sulfonamides is 1. The summed E-state index contributed by atoms with van der Waals surface area (Å²) >= 11 is 0. The fraction of sp³-hybridized carbons (Fsp3) is 0.385. The Morgan fingerprint density at radius 2 is 1.90 bits per heavy atom. The summed E-state index contributed by atoms with van der Waals surface area (Å²) in [6, 6.07) is 6.64. The van der Waals surface area contributed by atoms with Gasteiger partial charge in [0.2, 0.25) is 10.0 Å². The maximum atomic E-state index is 11.9. The van der Waals surface area contributed by atoms with E-state index in [1.54, 1.807) is 18.2 Å². The van der Waals surface area contributed by atoms with E-state index in [9.17, 15) is 18.0 Å². The summed E-state index contributed by atoms with van der Waals surface area (Å²) in [4.78, 5) is 22.1. The Labute approximate surface area is 123 Å². The lowest BCUT2D eigenvalue weighted by atomic mass is 10.1. The molecule has 0 bridgehead atoms. The van der Waals surface area contributed by atoms with Crippen LogP contribution in [0.2, 0.25) is 0 Å². The lowest BCUT2D eigenvalue weighted by Gasteiger charge is -2.15. The van der Waals surface area contributed by atoms with E-state index in [-0.39, 0.29) is 18.6 Å². The fourth-order valence-electron chi connectivity index (χ4n) is 1.65. The monoisotopic (exact) mass is 315 g/mol. The Morgan fingerprint density at radius 3 is 2.43 bits per heavy atom. The summed E-state index contributed by atoms with van der Waals surface area (Å²) in [6.07, 6.45) is 0.0175. The molecule has 0 aliphatic carbocycles. The van der Waals surface area contributed by atoms with E-state index in [1.165, 1.54) is 19.2 Å². The summed E-state index contributed by atoms with van der Waals surface area (Å²) in [5.41, 5.74) is 0.335. The molecule has 0 radical (unpaired) electrons. The molecule has 0 spiro atoms. The number of rotatable bonds is 8. The molecule has 21 heavy (non-hydrogen) atoms. The van der Waals surface area contributed by atoms with Crippen LogP contribution in [0.15, 0.2) is 30.3 Å². The van der Waals surface area contributed by atoms with Crippen LogP contribution < -0.4 is 4.72 Å². The lowest BCUT2D eigenvalue weighted by Crippen LogP contribution is -2.35. The molecule has 1 rings (SSSR count). The second kappa shape index (κ2) is 7.75. The molecule has 1 atom stereocenters. The molecular weight excluding hydrogens is 298 g/mol. The van der Waals surface area contributed by atoms with E-state index in [2.05, 4.69) is 9.46 Å². The topological polar surface area (TPSA) is 110 Å². The van der Waals surface area contributed by atoms with Crippen LogP contribution in [0.25, 0.3) is 0 Å². The lowest BCUT2D eigenvalue weighted by molar-refractivity contribution is -0.141. The van der Waals surface area contributed by atoms with Crippen molar-refractivity contribution in [3.8, 4) is 0 Å². The highest BCUT2D eigenvalue weighted by Crippen LogP contribution is 2.14. The molecule has 1 aromatic rings. The van der Waals surface area contributed by atoms with Crippen LogP contribution in [0.3, 0.4) is 0 Å². The third kappa shape index (κ3) is 5.92. The number of methoxy groups -OCH3 is 1. The van der Waals surface area contributed by atoms with Gasteiger partial charge < -0.3 is 9.84 Å². The molecule has 7 nitrogen and oxygen atoms in total. The molecular formula is C13H17NO6S. The van der Waals surface area contributed by atoms with Crippen molar-refractivity contribution in [2.24, 2.45) is 0 Å². The van der Waals surface area contributed by atoms with Crippen molar-refractivity contribution >= 4 is 22.0 Å². The minimum absolute atomic E-state index is 0.0412. The van der Waals surface area contributed by atoms with E-state index in [1.807, 2.05) is 0 Å². The van der Waals surface area contributed by atoms with Crippen LogP contribution in [0.1, 0.15) is 24.4 Å². The summed E-state index contributed by atoms with van der Waals surface area (Å²) in [7, 11) is -2.60. The van der Waals surface area contributed by atoms with Gasteiger partial charge in [-0.3, -0.25) is 9.59 Å². The average Bonchev–Trinajstić information content (AvgIpc) is 2.45. The van der Waals surface area contributed by atoms with Crippen LogP contribution in [-0.2, 0) is 24.3 Å². The minimum atomic E-state index is -3.82. The Morgan fingerprint density at radius 1 is 1.29 bits per heavy atom. The molecule has 8 heteroatoms. The van der Waals surface area contributed by atoms with Gasteiger partial charge in [-0.1, -0.05) is 30.3 Å². The summed E-state index contributed by atoms with van der Waals surface area (Å²) in [6.45, 7) is 0. The Hall–Kier alpha value is -1.93. The van der Waals surface area contributed by atoms with E-state index < -0.39 is 28.0 Å². The van der Waals surface area contributed by atoms with Crippen LogP contribution in [0, 0.1) is 0 Å².